The quantitative estimate of drug-likeness (QED) is 0.130. The van der Waals surface area contributed by atoms with Crippen LogP contribution in [0.1, 0.15) is 23.6 Å². The van der Waals surface area contributed by atoms with Gasteiger partial charge in [-0.15, -0.1) is 11.8 Å². The molecule has 0 atom stereocenters. The van der Waals surface area contributed by atoms with E-state index in [9.17, 15) is 4.79 Å². The van der Waals surface area contributed by atoms with Crippen molar-refractivity contribution in [1.29, 1.82) is 0 Å². The summed E-state index contributed by atoms with van der Waals surface area (Å²) in [6.45, 7) is 6.70. The number of carbonyl (C=O) groups is 1. The first-order valence-corrected chi connectivity index (χ1v) is 15.3. The minimum atomic E-state index is -0.160. The molecule has 1 aromatic heterocycles. The molecule has 2 heterocycles. The molecule has 0 fully saturated rings. The number of nitrogens with zero attached hydrogens (tertiary/aromatic N) is 4. The summed E-state index contributed by atoms with van der Waals surface area (Å²) in [5.74, 6) is 1.21. The lowest BCUT2D eigenvalue weighted by molar-refractivity contribution is -0.114. The number of ether oxygens (including phenoxy) is 1. The first kappa shape index (κ1) is 28.2. The average Bonchev–Trinajstić information content (AvgIpc) is 3.59. The van der Waals surface area contributed by atoms with Crippen molar-refractivity contribution in [2.24, 2.45) is 5.10 Å². The predicted octanol–water partition coefficient (Wildman–Crippen LogP) is 8.13. The number of para-hydroxylation sites is 2. The lowest BCUT2D eigenvalue weighted by atomic mass is 10.00. The van der Waals surface area contributed by atoms with Gasteiger partial charge in [0.15, 0.2) is 0 Å². The summed E-state index contributed by atoms with van der Waals surface area (Å²) >= 11 is 1.67. The van der Waals surface area contributed by atoms with Crippen LogP contribution in [0, 0.1) is 13.8 Å². The van der Waals surface area contributed by atoms with Crippen molar-refractivity contribution in [3.8, 4) is 22.7 Å². The lowest BCUT2D eigenvalue weighted by Gasteiger charge is -2.11. The van der Waals surface area contributed by atoms with Gasteiger partial charge < -0.3 is 4.74 Å². The number of benzene rings is 4. The van der Waals surface area contributed by atoms with E-state index in [2.05, 4.69) is 38.1 Å². The van der Waals surface area contributed by atoms with Crippen LogP contribution in [0.15, 0.2) is 125 Å². The van der Waals surface area contributed by atoms with Gasteiger partial charge in [0.05, 0.1) is 29.3 Å². The van der Waals surface area contributed by atoms with Crippen molar-refractivity contribution in [2.75, 3.05) is 17.4 Å². The molecular formula is C36H32N4O2S. The third kappa shape index (κ3) is 6.17. The Balaban J connectivity index is 1.44. The summed E-state index contributed by atoms with van der Waals surface area (Å²) in [7, 11) is 0. The van der Waals surface area contributed by atoms with Gasteiger partial charge in [-0.1, -0.05) is 54.1 Å². The van der Waals surface area contributed by atoms with E-state index >= 15 is 0 Å². The summed E-state index contributed by atoms with van der Waals surface area (Å²) in [5, 5.41) is 11.4. The van der Waals surface area contributed by atoms with Gasteiger partial charge in [-0.3, -0.25) is 4.79 Å². The summed E-state index contributed by atoms with van der Waals surface area (Å²) in [5.41, 5.74) is 7.79. The van der Waals surface area contributed by atoms with Crippen LogP contribution in [-0.4, -0.2) is 33.8 Å². The van der Waals surface area contributed by atoms with Crippen LogP contribution < -0.4 is 9.75 Å². The van der Waals surface area contributed by atoms with E-state index in [1.165, 1.54) is 10.6 Å². The van der Waals surface area contributed by atoms with E-state index in [-0.39, 0.29) is 5.91 Å². The molecular weight excluding hydrogens is 552 g/mol. The van der Waals surface area contributed by atoms with Crippen molar-refractivity contribution in [1.82, 2.24) is 9.78 Å². The van der Waals surface area contributed by atoms with Gasteiger partial charge in [-0.2, -0.15) is 15.2 Å². The molecule has 43 heavy (non-hydrogen) atoms. The molecule has 5 aromatic rings. The van der Waals surface area contributed by atoms with Crippen molar-refractivity contribution >= 4 is 35.1 Å². The van der Waals surface area contributed by atoms with Crippen molar-refractivity contribution in [3.05, 3.63) is 132 Å². The molecule has 0 spiro atoms. The van der Waals surface area contributed by atoms with Crippen molar-refractivity contribution in [2.45, 2.75) is 25.7 Å². The number of hydrazone groups is 1. The second-order valence-electron chi connectivity index (χ2n) is 10.3. The third-order valence-corrected chi connectivity index (χ3v) is 8.20. The van der Waals surface area contributed by atoms with Crippen LogP contribution in [0.5, 0.6) is 5.75 Å². The Morgan fingerprint density at radius 2 is 1.56 bits per heavy atom. The molecule has 0 bridgehead atoms. The largest absolute Gasteiger partial charge is 0.494 e. The number of thioether (sulfide) groups is 1. The normalized spacial score (nSPS) is 13.9. The highest BCUT2D eigenvalue weighted by Gasteiger charge is 2.32. The van der Waals surface area contributed by atoms with Gasteiger partial charge in [0.25, 0.3) is 5.91 Å². The first-order chi connectivity index (χ1) is 21.0. The average molecular weight is 585 g/mol. The Morgan fingerprint density at radius 1 is 0.860 bits per heavy atom. The van der Waals surface area contributed by atoms with Gasteiger partial charge >= 0.3 is 0 Å². The SMILES string of the molecule is CCOc1ccc(-c2nn(-c3ccccc3)cc2C=C2C(=O)N(c3ccccc3)N=C2CSc2ccc(C)cc2)c(C)c1. The molecule has 0 unspecified atom stereocenters. The number of hydrogen-bond acceptors (Lipinski definition) is 5. The zero-order valence-electron chi connectivity index (χ0n) is 24.4. The van der Waals surface area contributed by atoms with Crippen LogP contribution in [0.4, 0.5) is 5.69 Å². The zero-order valence-corrected chi connectivity index (χ0v) is 25.2. The highest BCUT2D eigenvalue weighted by Crippen LogP contribution is 2.33. The van der Waals surface area contributed by atoms with E-state index < -0.39 is 0 Å². The predicted molar refractivity (Wildman–Crippen MR) is 176 cm³/mol. The molecule has 0 saturated carbocycles. The van der Waals surface area contributed by atoms with Crippen LogP contribution in [0.25, 0.3) is 23.0 Å². The summed E-state index contributed by atoms with van der Waals surface area (Å²) in [6.07, 6.45) is 3.92. The van der Waals surface area contributed by atoms with Gasteiger partial charge in [-0.05, 0) is 87.0 Å². The Morgan fingerprint density at radius 3 is 2.23 bits per heavy atom. The fourth-order valence-corrected chi connectivity index (χ4v) is 5.81. The number of aromatic nitrogens is 2. The highest BCUT2D eigenvalue weighted by atomic mass is 32.2. The smallest absolute Gasteiger partial charge is 0.280 e. The van der Waals surface area contributed by atoms with E-state index in [0.717, 1.165) is 50.1 Å². The standard InChI is InChI=1S/C36H32N4O2S/c1-4-42-30-17-20-32(26(3)21-30)35-27(23-39(38-35)28-11-7-5-8-12-28)22-33-34(24-43-31-18-15-25(2)16-19-31)37-40(36(33)41)29-13-9-6-10-14-29/h5-23H,4,24H2,1-3H3. The number of carbonyl (C=O) groups excluding carboxylic acids is 1. The van der Waals surface area contributed by atoms with Crippen LogP contribution in [0.2, 0.25) is 0 Å². The summed E-state index contributed by atoms with van der Waals surface area (Å²) in [6, 6.07) is 34.0. The molecule has 7 heteroatoms. The fourth-order valence-electron chi connectivity index (χ4n) is 4.97. The Hall–Kier alpha value is -4.88. The topological polar surface area (TPSA) is 59.7 Å². The molecule has 0 N–H and O–H groups in total. The number of anilines is 1. The molecule has 214 valence electrons. The highest BCUT2D eigenvalue weighted by molar-refractivity contribution is 8.00. The maximum Gasteiger partial charge on any atom is 0.280 e. The maximum atomic E-state index is 14.0. The molecule has 4 aromatic carbocycles. The number of amides is 1. The van der Waals surface area contributed by atoms with Crippen molar-refractivity contribution < 1.29 is 9.53 Å². The van der Waals surface area contributed by atoms with Gasteiger partial charge in [-0.25, -0.2) is 4.68 Å². The molecule has 1 aliphatic heterocycles. The molecule has 0 radical (unpaired) electrons. The molecule has 1 amide bonds. The molecule has 1 aliphatic rings. The second-order valence-corrected chi connectivity index (χ2v) is 11.3. The van der Waals surface area contributed by atoms with E-state index in [1.807, 2.05) is 103 Å². The Kier molecular flexibility index (Phi) is 8.24. The maximum absolute atomic E-state index is 14.0. The Bertz CT molecular complexity index is 1810. The van der Waals surface area contributed by atoms with Crippen molar-refractivity contribution in [3.63, 3.8) is 0 Å². The number of hydrogen-bond donors (Lipinski definition) is 0. The van der Waals surface area contributed by atoms with E-state index in [1.54, 1.807) is 11.8 Å². The third-order valence-electron chi connectivity index (χ3n) is 7.18. The monoisotopic (exact) mass is 584 g/mol. The van der Waals surface area contributed by atoms with Crippen LogP contribution in [-0.2, 0) is 4.79 Å². The summed E-state index contributed by atoms with van der Waals surface area (Å²) < 4.78 is 7.60. The van der Waals surface area contributed by atoms with Gasteiger partial charge in [0.1, 0.15) is 11.4 Å². The molecule has 6 rings (SSSR count). The second kappa shape index (κ2) is 12.5. The fraction of sp³-hybridized carbons (Fsp3) is 0.139. The van der Waals surface area contributed by atoms with Gasteiger partial charge in [0, 0.05) is 28.0 Å². The van der Waals surface area contributed by atoms with E-state index in [4.69, 9.17) is 14.9 Å². The Labute approximate surface area is 256 Å². The minimum absolute atomic E-state index is 0.160. The van der Waals surface area contributed by atoms with Crippen LogP contribution >= 0.6 is 11.8 Å². The van der Waals surface area contributed by atoms with Gasteiger partial charge in [0.2, 0.25) is 0 Å². The van der Waals surface area contributed by atoms with E-state index in [0.29, 0.717) is 17.9 Å². The number of rotatable bonds is 9. The molecule has 6 nitrogen and oxygen atoms in total. The summed E-state index contributed by atoms with van der Waals surface area (Å²) in [4.78, 5) is 15.1. The minimum Gasteiger partial charge on any atom is -0.494 e. The molecule has 0 saturated heterocycles. The molecule has 0 aliphatic carbocycles. The lowest BCUT2D eigenvalue weighted by Crippen LogP contribution is -2.21. The van der Waals surface area contributed by atoms with Crippen LogP contribution in [0.3, 0.4) is 0 Å². The zero-order chi connectivity index (χ0) is 29.8. The number of aryl methyl sites for hydroxylation is 2. The first-order valence-electron chi connectivity index (χ1n) is 14.3.